The van der Waals surface area contributed by atoms with Gasteiger partial charge in [-0.05, 0) is 57.5 Å². The Bertz CT molecular complexity index is 1200. The summed E-state index contributed by atoms with van der Waals surface area (Å²) < 4.78 is 5.65. The molecule has 0 aliphatic carbocycles. The highest BCUT2D eigenvalue weighted by molar-refractivity contribution is 7.15. The lowest BCUT2D eigenvalue weighted by molar-refractivity contribution is -0.132. The Hall–Kier alpha value is -3.52. The number of amides is 1. The molecule has 32 heavy (non-hydrogen) atoms. The van der Waals surface area contributed by atoms with E-state index in [0.717, 1.165) is 5.56 Å². The van der Waals surface area contributed by atoms with Gasteiger partial charge in [0.25, 0.3) is 5.78 Å². The first-order valence-corrected chi connectivity index (χ1v) is 11.0. The maximum Gasteiger partial charge on any atom is 0.301 e. The van der Waals surface area contributed by atoms with Crippen molar-refractivity contribution in [3.8, 4) is 5.75 Å². The van der Waals surface area contributed by atoms with Crippen molar-refractivity contribution in [1.29, 1.82) is 0 Å². The predicted octanol–water partition coefficient (Wildman–Crippen LogP) is 4.57. The minimum atomic E-state index is -0.811. The first-order chi connectivity index (χ1) is 15.3. The average Bonchev–Trinajstić information content (AvgIpc) is 3.29. The van der Waals surface area contributed by atoms with Crippen LogP contribution in [0.5, 0.6) is 5.75 Å². The van der Waals surface area contributed by atoms with Crippen LogP contribution in [0.25, 0.3) is 5.76 Å². The molecule has 164 valence electrons. The fourth-order valence-corrected chi connectivity index (χ4v) is 4.31. The maximum atomic E-state index is 13.1. The van der Waals surface area contributed by atoms with Crippen LogP contribution in [0, 0.1) is 13.8 Å². The van der Waals surface area contributed by atoms with Crippen LogP contribution >= 0.6 is 11.3 Å². The van der Waals surface area contributed by atoms with E-state index in [1.807, 2.05) is 45.0 Å². The molecule has 1 N–H and O–H groups in total. The number of rotatable bonds is 5. The monoisotopic (exact) mass is 449 g/mol. The third-order valence-electron chi connectivity index (χ3n) is 5.06. The lowest BCUT2D eigenvalue weighted by atomic mass is 9.95. The van der Waals surface area contributed by atoms with Crippen molar-refractivity contribution < 1.29 is 19.4 Å². The summed E-state index contributed by atoms with van der Waals surface area (Å²) in [6.07, 6.45) is 0.0108. The molecule has 1 aliphatic heterocycles. The Labute approximate surface area is 190 Å². The van der Waals surface area contributed by atoms with Crippen molar-refractivity contribution >= 4 is 33.9 Å². The van der Waals surface area contributed by atoms with Gasteiger partial charge in [-0.2, -0.15) is 0 Å². The highest BCUT2D eigenvalue weighted by atomic mass is 32.1. The van der Waals surface area contributed by atoms with Gasteiger partial charge in [-0.1, -0.05) is 41.2 Å². The van der Waals surface area contributed by atoms with Crippen molar-refractivity contribution in [1.82, 2.24) is 10.2 Å². The molecule has 1 saturated heterocycles. The summed E-state index contributed by atoms with van der Waals surface area (Å²) in [6.45, 7) is 7.58. The largest absolute Gasteiger partial charge is 0.507 e. The van der Waals surface area contributed by atoms with E-state index in [4.69, 9.17) is 4.74 Å². The molecule has 0 radical (unpaired) electrons. The van der Waals surface area contributed by atoms with Crippen molar-refractivity contribution in [2.45, 2.75) is 39.8 Å². The second kappa shape index (κ2) is 8.55. The van der Waals surface area contributed by atoms with Gasteiger partial charge in [0.15, 0.2) is 0 Å². The van der Waals surface area contributed by atoms with E-state index >= 15 is 0 Å². The number of anilines is 1. The smallest absolute Gasteiger partial charge is 0.301 e. The highest BCUT2D eigenvalue weighted by Crippen LogP contribution is 2.43. The van der Waals surface area contributed by atoms with Crippen LogP contribution in [-0.2, 0) is 9.59 Å². The number of Topliss-reactive ketones (excluding diaryl/α,β-unsaturated/α-hetero) is 1. The molecule has 1 aromatic heterocycles. The topological polar surface area (TPSA) is 92.6 Å². The van der Waals surface area contributed by atoms with Crippen molar-refractivity contribution in [2.75, 3.05) is 4.90 Å². The van der Waals surface area contributed by atoms with Crippen molar-refractivity contribution in [3.05, 3.63) is 75.8 Å². The third-order valence-corrected chi connectivity index (χ3v) is 5.90. The molecule has 1 aliphatic rings. The number of ether oxygens (including phenoxy) is 1. The first-order valence-electron chi connectivity index (χ1n) is 10.2. The Kier molecular flexibility index (Phi) is 5.80. The molecular weight excluding hydrogens is 426 g/mol. The summed E-state index contributed by atoms with van der Waals surface area (Å²) >= 11 is 1.22. The van der Waals surface area contributed by atoms with Gasteiger partial charge in [0, 0.05) is 5.56 Å². The summed E-state index contributed by atoms with van der Waals surface area (Å²) in [4.78, 5) is 27.5. The van der Waals surface area contributed by atoms with Crippen LogP contribution in [0.15, 0.2) is 54.1 Å². The van der Waals surface area contributed by atoms with Gasteiger partial charge < -0.3 is 9.84 Å². The second-order valence-electron chi connectivity index (χ2n) is 7.87. The fourth-order valence-electron chi connectivity index (χ4n) is 3.60. The lowest BCUT2D eigenvalue weighted by Gasteiger charge is -2.22. The standard InChI is InChI=1S/C24H23N3O4S/c1-13(2)31-18-11-9-17(10-12-18)21(28)19-20(16-7-5-14(3)6-8-16)27(23(30)22(19)29)24-26-25-15(4)32-24/h5-13,20,28H,1-4H3/b21-19+. The second-order valence-corrected chi connectivity index (χ2v) is 9.03. The first kappa shape index (κ1) is 21.7. The molecular formula is C24H23N3O4S. The summed E-state index contributed by atoms with van der Waals surface area (Å²) in [5, 5.41) is 20.2. The molecule has 1 fully saturated rings. The molecule has 3 aromatic rings. The van der Waals surface area contributed by atoms with Crippen LogP contribution in [0.3, 0.4) is 0 Å². The number of aromatic nitrogens is 2. The Morgan fingerprint density at radius 3 is 2.25 bits per heavy atom. The van der Waals surface area contributed by atoms with Crippen LogP contribution in [0.1, 0.15) is 41.6 Å². The summed E-state index contributed by atoms with van der Waals surface area (Å²) in [7, 11) is 0. The fraction of sp³-hybridized carbons (Fsp3) is 0.250. The SMILES string of the molecule is Cc1ccc(C2/C(=C(\O)c3ccc(OC(C)C)cc3)C(=O)C(=O)N2c2nnc(C)s2)cc1. The number of aliphatic hydroxyl groups is 1. The van der Waals surface area contributed by atoms with E-state index in [0.29, 0.717) is 27.0 Å². The zero-order valence-corrected chi connectivity index (χ0v) is 19.0. The van der Waals surface area contributed by atoms with E-state index in [-0.39, 0.29) is 17.4 Å². The normalized spacial score (nSPS) is 17.9. The molecule has 7 nitrogen and oxygen atoms in total. The molecule has 1 amide bonds. The quantitative estimate of drug-likeness (QED) is 0.349. The van der Waals surface area contributed by atoms with Crippen molar-refractivity contribution in [2.24, 2.45) is 0 Å². The van der Waals surface area contributed by atoms with Gasteiger partial charge in [0.05, 0.1) is 17.7 Å². The van der Waals surface area contributed by atoms with E-state index in [9.17, 15) is 14.7 Å². The van der Waals surface area contributed by atoms with Gasteiger partial charge in [0.1, 0.15) is 16.5 Å². The van der Waals surface area contributed by atoms with Crippen LogP contribution in [0.4, 0.5) is 5.13 Å². The molecule has 1 atom stereocenters. The minimum absolute atomic E-state index is 0.0108. The summed E-state index contributed by atoms with van der Waals surface area (Å²) in [5.41, 5.74) is 2.18. The predicted molar refractivity (Wildman–Crippen MR) is 123 cm³/mol. The van der Waals surface area contributed by atoms with E-state index < -0.39 is 17.7 Å². The molecule has 2 aromatic carbocycles. The lowest BCUT2D eigenvalue weighted by Crippen LogP contribution is -2.29. The van der Waals surface area contributed by atoms with Gasteiger partial charge >= 0.3 is 5.91 Å². The number of benzene rings is 2. The van der Waals surface area contributed by atoms with E-state index in [1.165, 1.54) is 16.2 Å². The number of aliphatic hydroxyl groups excluding tert-OH is 1. The number of aryl methyl sites for hydroxylation is 2. The maximum absolute atomic E-state index is 13.1. The number of hydrogen-bond donors (Lipinski definition) is 1. The van der Waals surface area contributed by atoms with Gasteiger partial charge in [0.2, 0.25) is 5.13 Å². The molecule has 2 heterocycles. The van der Waals surface area contributed by atoms with Gasteiger partial charge in [-0.15, -0.1) is 10.2 Å². The minimum Gasteiger partial charge on any atom is -0.507 e. The Balaban J connectivity index is 1.85. The molecule has 8 heteroatoms. The van der Waals surface area contributed by atoms with E-state index in [1.54, 1.807) is 31.2 Å². The Morgan fingerprint density at radius 2 is 1.69 bits per heavy atom. The third kappa shape index (κ3) is 4.01. The summed E-state index contributed by atoms with van der Waals surface area (Å²) in [6, 6.07) is 13.5. The zero-order chi connectivity index (χ0) is 23.0. The summed E-state index contributed by atoms with van der Waals surface area (Å²) in [5.74, 6) is -1.10. The van der Waals surface area contributed by atoms with Crippen LogP contribution < -0.4 is 9.64 Å². The number of carbonyl (C=O) groups excluding carboxylic acids is 2. The average molecular weight is 450 g/mol. The van der Waals surface area contributed by atoms with Crippen molar-refractivity contribution in [3.63, 3.8) is 0 Å². The number of hydrogen-bond acceptors (Lipinski definition) is 7. The van der Waals surface area contributed by atoms with E-state index in [2.05, 4.69) is 10.2 Å². The van der Waals surface area contributed by atoms with Crippen LogP contribution in [0.2, 0.25) is 0 Å². The molecule has 0 saturated carbocycles. The van der Waals surface area contributed by atoms with Gasteiger partial charge in [-0.25, -0.2) is 0 Å². The molecule has 4 rings (SSSR count). The number of carbonyl (C=O) groups is 2. The Morgan fingerprint density at radius 1 is 1.03 bits per heavy atom. The zero-order valence-electron chi connectivity index (χ0n) is 18.2. The molecule has 1 unspecified atom stereocenters. The van der Waals surface area contributed by atoms with Crippen LogP contribution in [-0.4, -0.2) is 33.1 Å². The molecule has 0 spiro atoms. The van der Waals surface area contributed by atoms with Gasteiger partial charge in [-0.3, -0.25) is 14.5 Å². The molecule has 0 bridgehead atoms. The number of ketones is 1. The highest BCUT2D eigenvalue weighted by Gasteiger charge is 2.48. The number of nitrogens with zero attached hydrogens (tertiary/aromatic N) is 3.